The molecular weight excluding hydrogens is 298 g/mol. The van der Waals surface area contributed by atoms with Crippen molar-refractivity contribution in [2.24, 2.45) is 11.0 Å². The predicted molar refractivity (Wildman–Crippen MR) is 71.1 cm³/mol. The highest BCUT2D eigenvalue weighted by Crippen LogP contribution is 2.28. The van der Waals surface area contributed by atoms with E-state index in [4.69, 9.17) is 5.53 Å². The molecule has 94 valence electrons. The van der Waals surface area contributed by atoms with Crippen LogP contribution in [0.4, 0.5) is 5.69 Å². The first-order valence-corrected chi connectivity index (χ1v) is 6.34. The van der Waals surface area contributed by atoms with Crippen LogP contribution in [0, 0.1) is 12.8 Å². The normalized spacial score (nSPS) is 18.9. The topological polar surface area (TPSA) is 82.0 Å². The Morgan fingerprint density at radius 1 is 1.72 bits per heavy atom. The van der Waals surface area contributed by atoms with Crippen LogP contribution in [-0.4, -0.2) is 24.0 Å². The summed E-state index contributed by atoms with van der Waals surface area (Å²) in [5, 5.41) is 3.53. The molecule has 0 aliphatic carbocycles. The molecule has 0 radical (unpaired) electrons. The van der Waals surface area contributed by atoms with E-state index in [1.807, 2.05) is 13.0 Å². The molecule has 0 aromatic carbocycles. The van der Waals surface area contributed by atoms with Crippen molar-refractivity contribution in [1.29, 1.82) is 0 Å². The largest absolute Gasteiger partial charge is 0.310 e. The predicted octanol–water partition coefficient (Wildman–Crippen LogP) is 2.82. The Kier molecular flexibility index (Phi) is 3.84. The molecule has 1 unspecified atom stereocenters. The summed E-state index contributed by atoms with van der Waals surface area (Å²) in [6.07, 6.45) is 2.11. The van der Waals surface area contributed by atoms with E-state index in [9.17, 15) is 4.79 Å². The van der Waals surface area contributed by atoms with Crippen LogP contribution >= 0.6 is 15.9 Å². The molecule has 1 fully saturated rings. The van der Waals surface area contributed by atoms with Crippen LogP contribution in [0.1, 0.15) is 12.0 Å². The summed E-state index contributed by atoms with van der Waals surface area (Å²) in [5.74, 6) is 0.150. The highest BCUT2D eigenvalue weighted by atomic mass is 79.9. The summed E-state index contributed by atoms with van der Waals surface area (Å²) in [5.41, 5.74) is 10.1. The van der Waals surface area contributed by atoms with Gasteiger partial charge in [-0.2, -0.15) is 0 Å². The number of aromatic nitrogens is 1. The van der Waals surface area contributed by atoms with Crippen molar-refractivity contribution in [2.75, 3.05) is 18.0 Å². The maximum Gasteiger partial charge on any atom is 0.227 e. The van der Waals surface area contributed by atoms with Crippen molar-refractivity contribution in [3.05, 3.63) is 32.9 Å². The van der Waals surface area contributed by atoms with Gasteiger partial charge < -0.3 is 4.90 Å². The molecule has 1 aromatic heterocycles. The molecule has 1 aliphatic rings. The van der Waals surface area contributed by atoms with Crippen molar-refractivity contribution in [3.8, 4) is 0 Å². The molecule has 2 rings (SSSR count). The van der Waals surface area contributed by atoms with Gasteiger partial charge in [0.25, 0.3) is 0 Å². The third-order valence-electron chi connectivity index (χ3n) is 2.95. The zero-order valence-corrected chi connectivity index (χ0v) is 11.5. The number of pyridine rings is 1. The first kappa shape index (κ1) is 12.9. The average molecular weight is 310 g/mol. The van der Waals surface area contributed by atoms with Gasteiger partial charge >= 0.3 is 0 Å². The van der Waals surface area contributed by atoms with E-state index in [0.29, 0.717) is 19.5 Å². The molecule has 2 heterocycles. The number of nitrogens with zero attached hydrogens (tertiary/aromatic N) is 5. The fraction of sp³-hybridized carbons (Fsp3) is 0.455. The Hall–Kier alpha value is -1.59. The number of hydrogen-bond donors (Lipinski definition) is 0. The monoisotopic (exact) mass is 309 g/mol. The van der Waals surface area contributed by atoms with E-state index in [1.165, 1.54) is 0 Å². The van der Waals surface area contributed by atoms with E-state index < -0.39 is 0 Å². The molecule has 0 spiro atoms. The van der Waals surface area contributed by atoms with Gasteiger partial charge in [0.05, 0.1) is 11.9 Å². The number of amides is 1. The molecule has 0 bridgehead atoms. The highest BCUT2D eigenvalue weighted by Gasteiger charge is 2.30. The minimum absolute atomic E-state index is 0.0559. The SMILES string of the molecule is Cc1cc(Br)ncc1N1CC(CN=[N+]=[N-])CC1=O. The lowest BCUT2D eigenvalue weighted by Gasteiger charge is -2.18. The average Bonchev–Trinajstić information content (AvgIpc) is 2.68. The number of rotatable bonds is 3. The quantitative estimate of drug-likeness (QED) is 0.372. The standard InChI is InChI=1S/C11H12BrN5O/c1-7-2-10(12)14-5-9(7)17-6-8(3-11(17)18)4-15-16-13/h2,5,8H,3-4,6H2,1H3. The van der Waals surface area contributed by atoms with Crippen LogP contribution in [0.25, 0.3) is 10.4 Å². The molecule has 7 heteroatoms. The van der Waals surface area contributed by atoms with Gasteiger partial charge in [0.15, 0.2) is 0 Å². The maximum atomic E-state index is 11.9. The first-order valence-electron chi connectivity index (χ1n) is 5.55. The van der Waals surface area contributed by atoms with Gasteiger partial charge in [0, 0.05) is 24.4 Å². The molecule has 1 aliphatic heterocycles. The van der Waals surface area contributed by atoms with Crippen LogP contribution in [0.2, 0.25) is 0 Å². The van der Waals surface area contributed by atoms with Crippen molar-refractivity contribution < 1.29 is 4.79 Å². The molecule has 18 heavy (non-hydrogen) atoms. The number of azide groups is 1. The third kappa shape index (κ3) is 2.63. The Balaban J connectivity index is 2.18. The number of aryl methyl sites for hydroxylation is 1. The Morgan fingerprint density at radius 3 is 3.17 bits per heavy atom. The second-order valence-electron chi connectivity index (χ2n) is 4.28. The van der Waals surface area contributed by atoms with Gasteiger partial charge in [-0.3, -0.25) is 4.79 Å². The number of anilines is 1. The summed E-state index contributed by atoms with van der Waals surface area (Å²) in [7, 11) is 0. The third-order valence-corrected chi connectivity index (χ3v) is 3.38. The molecule has 1 amide bonds. The Bertz CT molecular complexity index is 526. The summed E-state index contributed by atoms with van der Waals surface area (Å²) in [4.78, 5) is 20.5. The van der Waals surface area contributed by atoms with Crippen molar-refractivity contribution >= 4 is 27.5 Å². The van der Waals surface area contributed by atoms with Gasteiger partial charge in [0.1, 0.15) is 4.60 Å². The summed E-state index contributed by atoms with van der Waals surface area (Å²) < 4.78 is 0.751. The fourth-order valence-corrected chi connectivity index (χ4v) is 2.53. The van der Waals surface area contributed by atoms with Gasteiger partial charge in [-0.15, -0.1) is 0 Å². The van der Waals surface area contributed by atoms with Crippen molar-refractivity contribution in [3.63, 3.8) is 0 Å². The molecule has 1 aromatic rings. The summed E-state index contributed by atoms with van der Waals surface area (Å²) in [6, 6.07) is 1.88. The molecule has 1 saturated heterocycles. The lowest BCUT2D eigenvalue weighted by atomic mass is 10.1. The van der Waals surface area contributed by atoms with E-state index >= 15 is 0 Å². The summed E-state index contributed by atoms with van der Waals surface area (Å²) >= 11 is 3.30. The zero-order valence-electron chi connectivity index (χ0n) is 9.88. The highest BCUT2D eigenvalue weighted by molar-refractivity contribution is 9.10. The number of halogens is 1. The first-order chi connectivity index (χ1) is 8.61. The van der Waals surface area contributed by atoms with Crippen molar-refractivity contribution in [2.45, 2.75) is 13.3 Å². The minimum Gasteiger partial charge on any atom is -0.310 e. The molecular formula is C11H12BrN5O. The number of hydrogen-bond acceptors (Lipinski definition) is 3. The smallest absolute Gasteiger partial charge is 0.227 e. The Labute approximate surface area is 113 Å². The molecule has 0 saturated carbocycles. The van der Waals surface area contributed by atoms with Gasteiger partial charge in [-0.25, -0.2) is 4.98 Å². The van der Waals surface area contributed by atoms with Gasteiger partial charge in [-0.05, 0) is 45.9 Å². The second-order valence-corrected chi connectivity index (χ2v) is 5.09. The van der Waals surface area contributed by atoms with Crippen LogP contribution in [-0.2, 0) is 4.79 Å². The fourth-order valence-electron chi connectivity index (χ4n) is 2.09. The maximum absolute atomic E-state index is 11.9. The minimum atomic E-state index is 0.0559. The molecule has 1 atom stereocenters. The van der Waals surface area contributed by atoms with Crippen LogP contribution < -0.4 is 4.90 Å². The molecule has 0 N–H and O–H groups in total. The number of carbonyl (C=O) groups is 1. The van der Waals surface area contributed by atoms with Gasteiger partial charge in [-0.1, -0.05) is 5.11 Å². The lowest BCUT2D eigenvalue weighted by Crippen LogP contribution is -2.25. The van der Waals surface area contributed by atoms with E-state index in [0.717, 1.165) is 15.9 Å². The van der Waals surface area contributed by atoms with Crippen LogP contribution in [0.3, 0.4) is 0 Å². The molecule has 6 nitrogen and oxygen atoms in total. The van der Waals surface area contributed by atoms with E-state index in [-0.39, 0.29) is 11.8 Å². The van der Waals surface area contributed by atoms with E-state index in [1.54, 1.807) is 11.1 Å². The second kappa shape index (κ2) is 5.37. The lowest BCUT2D eigenvalue weighted by molar-refractivity contribution is -0.117. The van der Waals surface area contributed by atoms with Crippen LogP contribution in [0.15, 0.2) is 22.0 Å². The zero-order chi connectivity index (χ0) is 13.1. The Morgan fingerprint density at radius 2 is 2.50 bits per heavy atom. The number of carbonyl (C=O) groups excluding carboxylic acids is 1. The van der Waals surface area contributed by atoms with Crippen molar-refractivity contribution in [1.82, 2.24) is 4.98 Å². The summed E-state index contributed by atoms with van der Waals surface area (Å²) in [6.45, 7) is 2.89. The van der Waals surface area contributed by atoms with Gasteiger partial charge in [0.2, 0.25) is 5.91 Å². The van der Waals surface area contributed by atoms with Crippen LogP contribution in [0.5, 0.6) is 0 Å². The van der Waals surface area contributed by atoms with E-state index in [2.05, 4.69) is 30.9 Å².